The predicted octanol–water partition coefficient (Wildman–Crippen LogP) is 4.02. The molecule has 0 atom stereocenters. The maximum absolute atomic E-state index is 11.8. The standard InChI is InChI=1S/C9H10Br2ClNOS/c1-9(2,4-12)13-8(14)5-3-6(10)15-7(5)11/h3H,4H2,1-2H3,(H,13,14). The minimum absolute atomic E-state index is 0.116. The molecule has 0 fully saturated rings. The lowest BCUT2D eigenvalue weighted by molar-refractivity contribution is 0.0920. The number of amides is 1. The Morgan fingerprint density at radius 1 is 1.60 bits per heavy atom. The van der Waals surface area contributed by atoms with Crippen LogP contribution in [0.2, 0.25) is 0 Å². The molecule has 1 aromatic heterocycles. The molecule has 15 heavy (non-hydrogen) atoms. The van der Waals surface area contributed by atoms with Gasteiger partial charge in [-0.25, -0.2) is 0 Å². The molecular weight excluding hydrogens is 365 g/mol. The van der Waals surface area contributed by atoms with Gasteiger partial charge in [0.25, 0.3) is 5.91 Å². The van der Waals surface area contributed by atoms with Crippen molar-refractivity contribution in [3.63, 3.8) is 0 Å². The van der Waals surface area contributed by atoms with Crippen LogP contribution in [-0.2, 0) is 0 Å². The molecule has 0 aliphatic carbocycles. The summed E-state index contributed by atoms with van der Waals surface area (Å²) < 4.78 is 1.74. The number of carbonyl (C=O) groups excluding carboxylic acids is 1. The van der Waals surface area contributed by atoms with Gasteiger partial charge in [0.15, 0.2) is 0 Å². The summed E-state index contributed by atoms with van der Waals surface area (Å²) in [6.07, 6.45) is 0. The fraction of sp³-hybridized carbons (Fsp3) is 0.444. The first-order valence-electron chi connectivity index (χ1n) is 4.19. The highest BCUT2D eigenvalue weighted by Gasteiger charge is 2.22. The lowest BCUT2D eigenvalue weighted by Crippen LogP contribution is -2.44. The first kappa shape index (κ1) is 13.5. The average Bonchev–Trinajstić information content (AvgIpc) is 2.45. The SMILES string of the molecule is CC(C)(CCl)NC(=O)c1cc(Br)sc1Br. The third kappa shape index (κ3) is 3.73. The topological polar surface area (TPSA) is 29.1 Å². The van der Waals surface area contributed by atoms with Gasteiger partial charge < -0.3 is 5.32 Å². The van der Waals surface area contributed by atoms with Gasteiger partial charge in [0, 0.05) is 11.4 Å². The zero-order valence-corrected chi connectivity index (χ0v) is 13.0. The highest BCUT2D eigenvalue weighted by atomic mass is 79.9. The van der Waals surface area contributed by atoms with Crippen LogP contribution in [0, 0.1) is 0 Å². The first-order valence-corrected chi connectivity index (χ1v) is 7.13. The summed E-state index contributed by atoms with van der Waals surface area (Å²) in [5, 5.41) is 2.86. The molecule has 1 rings (SSSR count). The Hall–Kier alpha value is 0.420. The number of thiophene rings is 1. The number of nitrogens with one attached hydrogen (secondary N) is 1. The van der Waals surface area contributed by atoms with Crippen LogP contribution >= 0.6 is 54.8 Å². The maximum Gasteiger partial charge on any atom is 0.253 e. The van der Waals surface area contributed by atoms with E-state index in [0.29, 0.717) is 11.4 Å². The molecule has 0 aliphatic heterocycles. The Balaban J connectivity index is 2.82. The summed E-state index contributed by atoms with van der Waals surface area (Å²) in [5.74, 6) is 0.260. The second-order valence-corrected chi connectivity index (χ2v) is 7.73. The van der Waals surface area contributed by atoms with Gasteiger partial charge >= 0.3 is 0 Å². The first-order chi connectivity index (χ1) is 6.85. The van der Waals surface area contributed by atoms with E-state index in [2.05, 4.69) is 37.2 Å². The van der Waals surface area contributed by atoms with Crippen molar-refractivity contribution in [3.05, 3.63) is 19.2 Å². The van der Waals surface area contributed by atoms with Gasteiger partial charge in [-0.15, -0.1) is 22.9 Å². The largest absolute Gasteiger partial charge is 0.346 e. The molecule has 0 aromatic carbocycles. The molecule has 1 aromatic rings. The second kappa shape index (κ2) is 5.17. The van der Waals surface area contributed by atoms with Crippen molar-refractivity contribution < 1.29 is 4.79 Å². The van der Waals surface area contributed by atoms with Crippen LogP contribution < -0.4 is 5.32 Å². The van der Waals surface area contributed by atoms with E-state index in [0.717, 1.165) is 7.57 Å². The van der Waals surface area contributed by atoms with Gasteiger partial charge in [-0.3, -0.25) is 4.79 Å². The monoisotopic (exact) mass is 373 g/mol. The van der Waals surface area contributed by atoms with E-state index in [1.54, 1.807) is 6.07 Å². The third-order valence-electron chi connectivity index (χ3n) is 1.69. The van der Waals surface area contributed by atoms with Crippen molar-refractivity contribution in [2.75, 3.05) is 5.88 Å². The number of carbonyl (C=O) groups is 1. The lowest BCUT2D eigenvalue weighted by atomic mass is 10.1. The van der Waals surface area contributed by atoms with Crippen LogP contribution in [0.3, 0.4) is 0 Å². The Kier molecular flexibility index (Phi) is 4.64. The van der Waals surface area contributed by atoms with Gasteiger partial charge in [-0.2, -0.15) is 0 Å². The predicted molar refractivity (Wildman–Crippen MR) is 72.0 cm³/mol. The molecule has 1 N–H and O–H groups in total. The normalized spacial score (nSPS) is 11.5. The van der Waals surface area contributed by atoms with Gasteiger partial charge in [0.05, 0.1) is 13.1 Å². The smallest absolute Gasteiger partial charge is 0.253 e. The molecule has 6 heteroatoms. The molecule has 0 saturated carbocycles. The Labute approximate surface area is 115 Å². The molecule has 0 saturated heterocycles. The summed E-state index contributed by atoms with van der Waals surface area (Å²) in [5.41, 5.74) is 0.233. The molecule has 84 valence electrons. The third-order valence-corrected chi connectivity index (χ3v) is 4.69. The summed E-state index contributed by atoms with van der Waals surface area (Å²) in [6, 6.07) is 1.79. The van der Waals surface area contributed by atoms with Crippen molar-refractivity contribution in [2.24, 2.45) is 0 Å². The number of hydrogen-bond acceptors (Lipinski definition) is 2. The van der Waals surface area contributed by atoms with Gasteiger partial charge in [0.2, 0.25) is 0 Å². The van der Waals surface area contributed by atoms with Crippen LogP contribution in [0.25, 0.3) is 0 Å². The van der Waals surface area contributed by atoms with E-state index in [1.165, 1.54) is 11.3 Å². The van der Waals surface area contributed by atoms with E-state index < -0.39 is 5.54 Å². The van der Waals surface area contributed by atoms with Crippen LogP contribution in [0.5, 0.6) is 0 Å². The minimum atomic E-state index is -0.396. The van der Waals surface area contributed by atoms with Crippen LogP contribution in [0.15, 0.2) is 13.6 Å². The molecule has 0 spiro atoms. The number of rotatable bonds is 3. The van der Waals surface area contributed by atoms with Crippen LogP contribution in [0.1, 0.15) is 24.2 Å². The minimum Gasteiger partial charge on any atom is -0.346 e. The highest BCUT2D eigenvalue weighted by molar-refractivity contribution is 9.12. The molecule has 1 amide bonds. The van der Waals surface area contributed by atoms with E-state index in [9.17, 15) is 4.79 Å². The summed E-state index contributed by atoms with van der Waals surface area (Å²) in [7, 11) is 0. The van der Waals surface area contributed by atoms with Crippen molar-refractivity contribution in [1.82, 2.24) is 5.32 Å². The Morgan fingerprint density at radius 3 is 2.60 bits per heavy atom. The Morgan fingerprint density at radius 2 is 2.20 bits per heavy atom. The van der Waals surface area contributed by atoms with Crippen molar-refractivity contribution in [2.45, 2.75) is 19.4 Å². The van der Waals surface area contributed by atoms with Crippen LogP contribution in [-0.4, -0.2) is 17.3 Å². The molecule has 0 bridgehead atoms. The summed E-state index contributed by atoms with van der Waals surface area (Å²) >= 11 is 13.9. The molecule has 0 aliphatic rings. The summed E-state index contributed by atoms with van der Waals surface area (Å²) in [6.45, 7) is 3.76. The zero-order valence-electron chi connectivity index (χ0n) is 8.23. The van der Waals surface area contributed by atoms with E-state index >= 15 is 0 Å². The highest BCUT2D eigenvalue weighted by Crippen LogP contribution is 2.32. The Bertz CT molecular complexity index is 378. The number of halogens is 3. The molecular formula is C9H10Br2ClNOS. The van der Waals surface area contributed by atoms with E-state index in [-0.39, 0.29) is 5.91 Å². The van der Waals surface area contributed by atoms with Gasteiger partial charge in [-0.05, 0) is 51.8 Å². The average molecular weight is 376 g/mol. The van der Waals surface area contributed by atoms with E-state index in [4.69, 9.17) is 11.6 Å². The molecule has 1 heterocycles. The zero-order chi connectivity index (χ0) is 11.6. The van der Waals surface area contributed by atoms with Gasteiger partial charge in [0.1, 0.15) is 0 Å². The lowest BCUT2D eigenvalue weighted by Gasteiger charge is -2.23. The quantitative estimate of drug-likeness (QED) is 0.795. The van der Waals surface area contributed by atoms with Gasteiger partial charge in [-0.1, -0.05) is 0 Å². The number of hydrogen-bond donors (Lipinski definition) is 1. The van der Waals surface area contributed by atoms with E-state index in [1.807, 2.05) is 13.8 Å². The van der Waals surface area contributed by atoms with Crippen molar-refractivity contribution >= 4 is 60.7 Å². The summed E-state index contributed by atoms with van der Waals surface area (Å²) in [4.78, 5) is 11.8. The fourth-order valence-electron chi connectivity index (χ4n) is 0.903. The molecule has 0 radical (unpaired) electrons. The fourth-order valence-corrected chi connectivity index (χ4v) is 3.76. The maximum atomic E-state index is 11.8. The second-order valence-electron chi connectivity index (χ2n) is 3.71. The molecule has 2 nitrogen and oxygen atoms in total. The number of alkyl halides is 1. The van der Waals surface area contributed by atoms with Crippen LogP contribution in [0.4, 0.5) is 0 Å². The molecule has 0 unspecified atom stereocenters. The van der Waals surface area contributed by atoms with Crippen molar-refractivity contribution in [3.8, 4) is 0 Å². The van der Waals surface area contributed by atoms with Crippen molar-refractivity contribution in [1.29, 1.82) is 0 Å².